The topological polar surface area (TPSA) is 95.9 Å². The van der Waals surface area contributed by atoms with Crippen LogP contribution in [-0.2, 0) is 14.3 Å². The summed E-state index contributed by atoms with van der Waals surface area (Å²) in [4.78, 5) is 25.9. The maximum atomic E-state index is 13.1. The fourth-order valence-electron chi connectivity index (χ4n) is 6.22. The SMILES string of the molecule is CC/C=C/C=C/C=C\C=C/CCCCCC(=O)OC(CCC\C=C/C=C\C=C\C=C\CC)CC(=O)NC(CO)C(O)CCCCCCCCCCCCCCC. The molecule has 0 aromatic heterocycles. The van der Waals surface area contributed by atoms with Gasteiger partial charge in [-0.3, -0.25) is 9.59 Å². The molecule has 0 rings (SSSR count). The predicted molar refractivity (Wildman–Crippen MR) is 240 cm³/mol. The largest absolute Gasteiger partial charge is 0.462 e. The van der Waals surface area contributed by atoms with Crippen molar-refractivity contribution in [3.63, 3.8) is 0 Å². The molecule has 318 valence electrons. The predicted octanol–water partition coefficient (Wildman–Crippen LogP) is 13.0. The van der Waals surface area contributed by atoms with Crippen molar-refractivity contribution in [1.29, 1.82) is 0 Å². The molecule has 0 radical (unpaired) electrons. The Morgan fingerprint density at radius 1 is 0.536 bits per heavy atom. The zero-order valence-electron chi connectivity index (χ0n) is 36.0. The number of esters is 1. The number of hydrogen-bond acceptors (Lipinski definition) is 5. The van der Waals surface area contributed by atoms with Crippen LogP contribution in [0.1, 0.15) is 181 Å². The van der Waals surface area contributed by atoms with Crippen LogP contribution in [0.3, 0.4) is 0 Å². The van der Waals surface area contributed by atoms with Gasteiger partial charge >= 0.3 is 5.97 Å². The molecule has 3 unspecified atom stereocenters. The highest BCUT2D eigenvalue weighted by molar-refractivity contribution is 5.77. The Kier molecular flexibility index (Phi) is 40.4. The average Bonchev–Trinajstić information content (AvgIpc) is 3.19. The first kappa shape index (κ1) is 52.8. The first-order valence-electron chi connectivity index (χ1n) is 22.6. The summed E-state index contributed by atoms with van der Waals surface area (Å²) in [7, 11) is 0. The quantitative estimate of drug-likeness (QED) is 0.0330. The summed E-state index contributed by atoms with van der Waals surface area (Å²) < 4.78 is 5.84. The molecule has 0 aliphatic rings. The fourth-order valence-corrected chi connectivity index (χ4v) is 6.22. The van der Waals surface area contributed by atoms with E-state index in [0.29, 0.717) is 19.3 Å². The van der Waals surface area contributed by atoms with Gasteiger partial charge in [0, 0.05) is 6.42 Å². The third kappa shape index (κ3) is 37.7. The monoisotopic (exact) mass is 778 g/mol. The summed E-state index contributed by atoms with van der Waals surface area (Å²) in [5, 5.41) is 23.6. The second-order valence-corrected chi connectivity index (χ2v) is 14.9. The Bertz CT molecular complexity index is 1140. The fraction of sp³-hybridized carbons (Fsp3) is 0.640. The van der Waals surface area contributed by atoms with E-state index in [1.165, 1.54) is 64.2 Å². The maximum absolute atomic E-state index is 13.1. The highest BCUT2D eigenvalue weighted by atomic mass is 16.5. The molecule has 0 aliphatic carbocycles. The number of amides is 1. The van der Waals surface area contributed by atoms with Crippen molar-refractivity contribution >= 4 is 11.9 Å². The Morgan fingerprint density at radius 2 is 0.982 bits per heavy atom. The number of aliphatic hydroxyl groups is 2. The summed E-state index contributed by atoms with van der Waals surface area (Å²) in [5.74, 6) is -0.601. The van der Waals surface area contributed by atoms with E-state index < -0.39 is 18.2 Å². The minimum Gasteiger partial charge on any atom is -0.462 e. The molecule has 6 nitrogen and oxygen atoms in total. The van der Waals surface area contributed by atoms with Crippen molar-refractivity contribution in [2.75, 3.05) is 6.61 Å². The van der Waals surface area contributed by atoms with Crippen molar-refractivity contribution in [3.8, 4) is 0 Å². The van der Waals surface area contributed by atoms with E-state index in [1.807, 2.05) is 72.9 Å². The van der Waals surface area contributed by atoms with E-state index in [9.17, 15) is 19.8 Å². The van der Waals surface area contributed by atoms with Gasteiger partial charge in [0.2, 0.25) is 5.91 Å². The molecule has 0 fully saturated rings. The molecule has 0 spiro atoms. The van der Waals surface area contributed by atoms with Gasteiger partial charge in [-0.2, -0.15) is 0 Å². The van der Waals surface area contributed by atoms with Crippen molar-refractivity contribution in [2.24, 2.45) is 0 Å². The second kappa shape index (κ2) is 42.9. The van der Waals surface area contributed by atoms with Crippen molar-refractivity contribution < 1.29 is 24.5 Å². The van der Waals surface area contributed by atoms with Crippen LogP contribution in [0.2, 0.25) is 0 Å². The van der Waals surface area contributed by atoms with Crippen LogP contribution in [0.15, 0.2) is 97.2 Å². The molecular weight excluding hydrogens is 695 g/mol. The normalized spacial score (nSPS) is 14.3. The zero-order valence-corrected chi connectivity index (χ0v) is 36.0. The molecule has 1 amide bonds. The molecular formula is C50H83NO5. The van der Waals surface area contributed by atoms with Crippen LogP contribution >= 0.6 is 0 Å². The molecule has 0 aliphatic heterocycles. The van der Waals surface area contributed by atoms with Crippen LogP contribution < -0.4 is 5.32 Å². The van der Waals surface area contributed by atoms with Crippen LogP contribution in [0.4, 0.5) is 0 Å². The van der Waals surface area contributed by atoms with Crippen molar-refractivity contribution in [3.05, 3.63) is 97.2 Å². The molecule has 0 saturated carbocycles. The Labute approximate surface area is 344 Å². The third-order valence-corrected chi connectivity index (χ3v) is 9.60. The number of rotatable bonds is 38. The van der Waals surface area contributed by atoms with Crippen LogP contribution in [0, 0.1) is 0 Å². The lowest BCUT2D eigenvalue weighted by molar-refractivity contribution is -0.151. The number of carbonyl (C=O) groups excluding carboxylic acids is 2. The molecule has 3 atom stereocenters. The van der Waals surface area contributed by atoms with Gasteiger partial charge in [-0.1, -0.05) is 208 Å². The molecule has 0 aromatic rings. The van der Waals surface area contributed by atoms with Crippen LogP contribution in [-0.4, -0.2) is 46.9 Å². The molecule has 0 saturated heterocycles. The van der Waals surface area contributed by atoms with E-state index in [0.717, 1.165) is 70.6 Å². The highest BCUT2D eigenvalue weighted by Crippen LogP contribution is 2.16. The Morgan fingerprint density at radius 3 is 1.48 bits per heavy atom. The molecule has 0 bridgehead atoms. The number of carbonyl (C=O) groups is 2. The average molecular weight is 778 g/mol. The molecule has 56 heavy (non-hydrogen) atoms. The van der Waals surface area contributed by atoms with E-state index in [2.05, 4.69) is 50.4 Å². The van der Waals surface area contributed by atoms with E-state index in [1.54, 1.807) is 0 Å². The molecule has 0 aromatic carbocycles. The summed E-state index contributed by atoms with van der Waals surface area (Å²) >= 11 is 0. The summed E-state index contributed by atoms with van der Waals surface area (Å²) in [5.41, 5.74) is 0. The summed E-state index contributed by atoms with van der Waals surface area (Å²) in [6.45, 7) is 6.14. The number of unbranched alkanes of at least 4 members (excludes halogenated alkanes) is 16. The lowest BCUT2D eigenvalue weighted by Gasteiger charge is -2.24. The van der Waals surface area contributed by atoms with Gasteiger partial charge in [0.1, 0.15) is 6.10 Å². The van der Waals surface area contributed by atoms with Crippen molar-refractivity contribution in [1.82, 2.24) is 5.32 Å². The van der Waals surface area contributed by atoms with Gasteiger partial charge in [-0.05, 0) is 57.8 Å². The minimum absolute atomic E-state index is 0.00970. The van der Waals surface area contributed by atoms with E-state index in [4.69, 9.17) is 4.74 Å². The number of nitrogens with one attached hydrogen (secondary N) is 1. The number of ether oxygens (including phenoxy) is 1. The Balaban J connectivity index is 4.74. The van der Waals surface area contributed by atoms with E-state index in [-0.39, 0.29) is 24.9 Å². The van der Waals surface area contributed by atoms with Gasteiger partial charge in [0.05, 0.1) is 25.2 Å². The highest BCUT2D eigenvalue weighted by Gasteiger charge is 2.23. The van der Waals surface area contributed by atoms with Gasteiger partial charge in [0.15, 0.2) is 0 Å². The molecule has 0 heterocycles. The second-order valence-electron chi connectivity index (χ2n) is 14.9. The van der Waals surface area contributed by atoms with Crippen LogP contribution in [0.5, 0.6) is 0 Å². The van der Waals surface area contributed by atoms with Gasteiger partial charge in [-0.25, -0.2) is 0 Å². The Hall–Kier alpha value is -3.22. The lowest BCUT2D eigenvalue weighted by atomic mass is 10.0. The number of hydrogen-bond donors (Lipinski definition) is 3. The first-order chi connectivity index (χ1) is 27.5. The third-order valence-electron chi connectivity index (χ3n) is 9.60. The zero-order chi connectivity index (χ0) is 41.0. The summed E-state index contributed by atoms with van der Waals surface area (Å²) in [6.07, 6.45) is 56.2. The van der Waals surface area contributed by atoms with Crippen molar-refractivity contribution in [2.45, 2.75) is 200 Å². The lowest BCUT2D eigenvalue weighted by Crippen LogP contribution is -2.46. The minimum atomic E-state index is -0.816. The first-order valence-corrected chi connectivity index (χ1v) is 22.6. The maximum Gasteiger partial charge on any atom is 0.306 e. The number of aliphatic hydroxyl groups excluding tert-OH is 2. The molecule has 3 N–H and O–H groups in total. The van der Waals surface area contributed by atoms with Gasteiger partial charge in [0.25, 0.3) is 0 Å². The standard InChI is InChI=1S/C50H83NO5/c1-4-7-10-13-16-19-22-24-27-30-33-36-39-42-48(53)47(45-52)51-49(54)44-46(41-38-35-32-29-26-21-18-15-12-9-6-3)56-50(55)43-40-37-34-31-28-25-23-20-17-14-11-8-5-2/h8-9,11-12,14-15,17-18,20-21,23,25-26,28-29,32,46-48,52-53H,4-7,10,13,16,19,22,24,27,30-31,33-45H2,1-3H3,(H,51,54)/b11-8+,12-9+,17-14+,18-15+,23-20-,26-21-,28-25-,32-29-. The van der Waals surface area contributed by atoms with Crippen LogP contribution in [0.25, 0.3) is 0 Å². The smallest absolute Gasteiger partial charge is 0.306 e. The van der Waals surface area contributed by atoms with E-state index >= 15 is 0 Å². The molecule has 6 heteroatoms. The summed E-state index contributed by atoms with van der Waals surface area (Å²) in [6, 6.07) is -0.735. The number of allylic oxidation sites excluding steroid dienone is 16. The van der Waals surface area contributed by atoms with Gasteiger partial charge < -0.3 is 20.3 Å². The van der Waals surface area contributed by atoms with Gasteiger partial charge in [-0.15, -0.1) is 0 Å².